The molecule has 1 amide bonds. The molecule has 2 aliphatic rings. The number of carbonyl (C=O) groups is 1. The number of morpholine rings is 1. The smallest absolute Gasteiger partial charge is 0.223 e. The van der Waals surface area contributed by atoms with Gasteiger partial charge in [-0.1, -0.05) is 0 Å². The third-order valence-corrected chi connectivity index (χ3v) is 5.20. The number of hydrogen-bond acceptors (Lipinski definition) is 3. The molecule has 2 aliphatic heterocycles. The molecule has 5 heteroatoms. The van der Waals surface area contributed by atoms with Crippen LogP contribution in [0.4, 0.5) is 0 Å². The van der Waals surface area contributed by atoms with Crippen molar-refractivity contribution in [3.05, 3.63) is 0 Å². The molecule has 0 aromatic rings. The van der Waals surface area contributed by atoms with Crippen LogP contribution in [0.2, 0.25) is 0 Å². The molecular weight excluding hydrogens is 270 g/mol. The van der Waals surface area contributed by atoms with Crippen molar-refractivity contribution in [2.75, 3.05) is 30.5 Å². The van der Waals surface area contributed by atoms with E-state index in [9.17, 15) is 4.79 Å². The number of rotatable bonds is 3. The fourth-order valence-electron chi connectivity index (χ4n) is 2.57. The maximum absolute atomic E-state index is 12.4. The molecule has 3 nitrogen and oxygen atoms in total. The number of ether oxygens (including phenoxy) is 1. The summed E-state index contributed by atoms with van der Waals surface area (Å²) in [5.41, 5.74) is 0. The lowest BCUT2D eigenvalue weighted by molar-refractivity contribution is -0.144. The van der Waals surface area contributed by atoms with Crippen LogP contribution >= 0.6 is 23.4 Å². The van der Waals surface area contributed by atoms with Gasteiger partial charge in [0, 0.05) is 13.0 Å². The Kier molecular flexibility index (Phi) is 5.64. The molecule has 0 aromatic heterocycles. The predicted molar refractivity (Wildman–Crippen MR) is 76.3 cm³/mol. The molecule has 0 spiro atoms. The number of hydrogen-bond donors (Lipinski definition) is 0. The van der Waals surface area contributed by atoms with Crippen LogP contribution in [0.25, 0.3) is 0 Å². The molecule has 2 unspecified atom stereocenters. The number of amides is 1. The first-order chi connectivity index (χ1) is 8.70. The van der Waals surface area contributed by atoms with Gasteiger partial charge in [-0.25, -0.2) is 0 Å². The van der Waals surface area contributed by atoms with Crippen LogP contribution in [0, 0.1) is 5.92 Å². The van der Waals surface area contributed by atoms with Gasteiger partial charge < -0.3 is 9.64 Å². The summed E-state index contributed by atoms with van der Waals surface area (Å²) in [6, 6.07) is 0.190. The molecule has 0 aromatic carbocycles. The predicted octanol–water partition coefficient (Wildman–Crippen LogP) is 2.37. The Labute approximate surface area is 119 Å². The summed E-state index contributed by atoms with van der Waals surface area (Å²) < 4.78 is 5.58. The van der Waals surface area contributed by atoms with Crippen molar-refractivity contribution < 1.29 is 9.53 Å². The lowest BCUT2D eigenvalue weighted by atomic mass is 9.97. The second-order valence-electron chi connectivity index (χ2n) is 5.26. The van der Waals surface area contributed by atoms with Gasteiger partial charge in [-0.15, -0.1) is 11.6 Å². The van der Waals surface area contributed by atoms with Crippen LogP contribution in [0.1, 0.15) is 26.2 Å². The van der Waals surface area contributed by atoms with Crippen molar-refractivity contribution in [2.24, 2.45) is 5.92 Å². The lowest BCUT2D eigenvalue weighted by Crippen LogP contribution is -2.51. The monoisotopic (exact) mass is 291 g/mol. The second kappa shape index (κ2) is 7.01. The highest BCUT2D eigenvalue weighted by Gasteiger charge is 2.30. The van der Waals surface area contributed by atoms with E-state index >= 15 is 0 Å². The molecule has 0 saturated carbocycles. The summed E-state index contributed by atoms with van der Waals surface area (Å²) in [5.74, 6) is 3.76. The third-order valence-electron chi connectivity index (χ3n) is 3.80. The van der Waals surface area contributed by atoms with E-state index in [4.69, 9.17) is 16.3 Å². The van der Waals surface area contributed by atoms with Gasteiger partial charge >= 0.3 is 0 Å². The van der Waals surface area contributed by atoms with E-state index in [0.717, 1.165) is 0 Å². The van der Waals surface area contributed by atoms with Crippen molar-refractivity contribution in [3.8, 4) is 0 Å². The van der Waals surface area contributed by atoms with E-state index in [1.807, 2.05) is 16.7 Å². The summed E-state index contributed by atoms with van der Waals surface area (Å²) in [6.07, 6.45) is 3.09. The van der Waals surface area contributed by atoms with Crippen molar-refractivity contribution in [3.63, 3.8) is 0 Å². The quantitative estimate of drug-likeness (QED) is 0.748. The zero-order valence-electron chi connectivity index (χ0n) is 10.9. The topological polar surface area (TPSA) is 29.5 Å². The summed E-state index contributed by atoms with van der Waals surface area (Å²) in [4.78, 5) is 14.3. The Hall–Kier alpha value is 0.0700. The highest BCUT2D eigenvalue weighted by molar-refractivity contribution is 7.99. The van der Waals surface area contributed by atoms with E-state index in [2.05, 4.69) is 6.92 Å². The van der Waals surface area contributed by atoms with Crippen LogP contribution in [-0.2, 0) is 9.53 Å². The fourth-order valence-corrected chi connectivity index (χ4v) is 3.96. The summed E-state index contributed by atoms with van der Waals surface area (Å²) >= 11 is 7.83. The van der Waals surface area contributed by atoms with Gasteiger partial charge in [0.05, 0.1) is 24.6 Å². The normalized spacial score (nSPS) is 30.4. The maximum atomic E-state index is 12.4. The molecule has 2 saturated heterocycles. The Morgan fingerprint density at radius 3 is 2.83 bits per heavy atom. The van der Waals surface area contributed by atoms with Crippen LogP contribution in [-0.4, -0.2) is 53.5 Å². The largest absolute Gasteiger partial charge is 0.373 e. The van der Waals surface area contributed by atoms with Gasteiger partial charge in [-0.05, 0) is 37.2 Å². The van der Waals surface area contributed by atoms with Gasteiger partial charge in [0.1, 0.15) is 0 Å². The third kappa shape index (κ3) is 3.78. The first kappa shape index (κ1) is 14.5. The molecule has 0 N–H and O–H groups in total. The average molecular weight is 292 g/mol. The minimum absolute atomic E-state index is 0.00808. The van der Waals surface area contributed by atoms with Gasteiger partial charge in [-0.3, -0.25) is 4.79 Å². The van der Waals surface area contributed by atoms with E-state index in [0.29, 0.717) is 31.4 Å². The molecule has 18 heavy (non-hydrogen) atoms. The zero-order chi connectivity index (χ0) is 13.0. The molecule has 0 radical (unpaired) electrons. The number of nitrogens with zero attached hydrogens (tertiary/aromatic N) is 1. The number of alkyl halides is 1. The number of thioether (sulfide) groups is 1. The van der Waals surface area contributed by atoms with Gasteiger partial charge in [-0.2, -0.15) is 11.8 Å². The van der Waals surface area contributed by atoms with Crippen molar-refractivity contribution in [1.82, 2.24) is 4.90 Å². The summed E-state index contributed by atoms with van der Waals surface area (Å²) in [6.45, 7) is 3.33. The van der Waals surface area contributed by atoms with E-state index in [1.54, 1.807) is 0 Å². The summed E-state index contributed by atoms with van der Waals surface area (Å²) in [7, 11) is 0. The zero-order valence-corrected chi connectivity index (χ0v) is 12.5. The Morgan fingerprint density at radius 2 is 2.17 bits per heavy atom. The average Bonchev–Trinajstić information content (AvgIpc) is 2.40. The first-order valence-electron chi connectivity index (χ1n) is 6.75. The van der Waals surface area contributed by atoms with E-state index in [-0.39, 0.29) is 18.1 Å². The molecule has 104 valence electrons. The van der Waals surface area contributed by atoms with Gasteiger partial charge in [0.2, 0.25) is 5.91 Å². The van der Waals surface area contributed by atoms with Crippen molar-refractivity contribution in [1.29, 1.82) is 0 Å². The van der Waals surface area contributed by atoms with Crippen LogP contribution < -0.4 is 0 Å². The molecule has 2 atom stereocenters. The maximum Gasteiger partial charge on any atom is 0.223 e. The number of halogens is 1. The SMILES string of the molecule is CC1COC(CCl)CN1C(=O)CC1CCSCC1. The Morgan fingerprint density at radius 1 is 1.44 bits per heavy atom. The fraction of sp³-hybridized carbons (Fsp3) is 0.923. The highest BCUT2D eigenvalue weighted by atomic mass is 35.5. The minimum atomic E-state index is 0.00808. The molecule has 0 bridgehead atoms. The molecule has 0 aliphatic carbocycles. The second-order valence-corrected chi connectivity index (χ2v) is 6.80. The van der Waals surface area contributed by atoms with E-state index < -0.39 is 0 Å². The molecule has 2 fully saturated rings. The molecular formula is C13H22ClNO2S. The Bertz CT molecular complexity index is 284. The van der Waals surface area contributed by atoms with Gasteiger partial charge in [0.25, 0.3) is 0 Å². The number of carbonyl (C=O) groups excluding carboxylic acids is 1. The lowest BCUT2D eigenvalue weighted by Gasteiger charge is -2.38. The Balaban J connectivity index is 1.85. The van der Waals surface area contributed by atoms with Crippen LogP contribution in [0.3, 0.4) is 0 Å². The minimum Gasteiger partial charge on any atom is -0.373 e. The van der Waals surface area contributed by atoms with Crippen LogP contribution in [0.15, 0.2) is 0 Å². The molecule has 2 heterocycles. The van der Waals surface area contributed by atoms with Crippen LogP contribution in [0.5, 0.6) is 0 Å². The molecule has 2 rings (SSSR count). The standard InChI is InChI=1S/C13H22ClNO2S/c1-10-9-17-12(7-14)8-15(10)13(16)6-11-2-4-18-5-3-11/h10-12H,2-9H2,1H3. The van der Waals surface area contributed by atoms with Crippen molar-refractivity contribution in [2.45, 2.75) is 38.3 Å². The summed E-state index contributed by atoms with van der Waals surface area (Å²) in [5, 5.41) is 0. The van der Waals surface area contributed by atoms with Crippen molar-refractivity contribution >= 4 is 29.3 Å². The highest BCUT2D eigenvalue weighted by Crippen LogP contribution is 2.26. The van der Waals surface area contributed by atoms with E-state index in [1.165, 1.54) is 24.3 Å². The van der Waals surface area contributed by atoms with Gasteiger partial charge in [0.15, 0.2) is 0 Å². The first-order valence-corrected chi connectivity index (χ1v) is 8.44.